The lowest BCUT2D eigenvalue weighted by atomic mass is 10.2. The van der Waals surface area contributed by atoms with E-state index in [-0.39, 0.29) is 12.1 Å². The number of hydrogen-bond donors (Lipinski definition) is 2. The summed E-state index contributed by atoms with van der Waals surface area (Å²) in [5, 5.41) is 16.1. The van der Waals surface area contributed by atoms with E-state index in [1.54, 1.807) is 7.11 Å². The minimum Gasteiger partial charge on any atom is -0.392 e. The molecule has 2 rings (SSSR count). The van der Waals surface area contributed by atoms with Crippen molar-refractivity contribution in [1.82, 2.24) is 15.5 Å². The van der Waals surface area contributed by atoms with Gasteiger partial charge in [0.05, 0.1) is 12.1 Å². The average molecular weight is 199 g/mol. The van der Waals surface area contributed by atoms with Gasteiger partial charge in [-0.05, 0) is 6.42 Å². The standard InChI is InChI=1S/C8H13N3O3/c1-13-4-7-10-8(14-11-7)6-2-5(12)3-9-6/h5-6,9,12H,2-4H2,1H3/t5?,6-/m0/s1. The zero-order valence-corrected chi connectivity index (χ0v) is 7.93. The lowest BCUT2D eigenvalue weighted by Crippen LogP contribution is -2.15. The number of rotatable bonds is 3. The highest BCUT2D eigenvalue weighted by Crippen LogP contribution is 2.21. The molecule has 78 valence electrons. The molecular weight excluding hydrogens is 186 g/mol. The van der Waals surface area contributed by atoms with E-state index in [1.165, 1.54) is 0 Å². The Balaban J connectivity index is 2.02. The molecule has 14 heavy (non-hydrogen) atoms. The maximum Gasteiger partial charge on any atom is 0.243 e. The molecule has 0 radical (unpaired) electrons. The number of aliphatic hydroxyl groups excluding tert-OH is 1. The second kappa shape index (κ2) is 4.04. The summed E-state index contributed by atoms with van der Waals surface area (Å²) in [4.78, 5) is 4.14. The number of ether oxygens (including phenoxy) is 1. The number of methoxy groups -OCH3 is 1. The zero-order chi connectivity index (χ0) is 9.97. The van der Waals surface area contributed by atoms with E-state index >= 15 is 0 Å². The molecule has 1 aromatic heterocycles. The van der Waals surface area contributed by atoms with Gasteiger partial charge in [0, 0.05) is 13.7 Å². The van der Waals surface area contributed by atoms with Crippen LogP contribution in [0.5, 0.6) is 0 Å². The van der Waals surface area contributed by atoms with Crippen LogP contribution in [0.4, 0.5) is 0 Å². The third-order valence-corrected chi connectivity index (χ3v) is 2.16. The first-order valence-corrected chi connectivity index (χ1v) is 4.52. The molecule has 2 heterocycles. The van der Waals surface area contributed by atoms with Gasteiger partial charge in [-0.25, -0.2) is 0 Å². The van der Waals surface area contributed by atoms with Gasteiger partial charge in [-0.15, -0.1) is 0 Å². The monoisotopic (exact) mass is 199 g/mol. The van der Waals surface area contributed by atoms with Crippen LogP contribution in [0.15, 0.2) is 4.52 Å². The predicted molar refractivity (Wildman–Crippen MR) is 46.4 cm³/mol. The van der Waals surface area contributed by atoms with Crippen molar-refractivity contribution >= 4 is 0 Å². The summed E-state index contributed by atoms with van der Waals surface area (Å²) in [5.41, 5.74) is 0. The highest BCUT2D eigenvalue weighted by atomic mass is 16.5. The maximum atomic E-state index is 9.29. The van der Waals surface area contributed by atoms with Crippen LogP contribution < -0.4 is 5.32 Å². The topological polar surface area (TPSA) is 80.4 Å². The highest BCUT2D eigenvalue weighted by Gasteiger charge is 2.27. The van der Waals surface area contributed by atoms with E-state index < -0.39 is 0 Å². The lowest BCUT2D eigenvalue weighted by Gasteiger charge is -2.01. The summed E-state index contributed by atoms with van der Waals surface area (Å²) in [6.07, 6.45) is 0.298. The fourth-order valence-corrected chi connectivity index (χ4v) is 1.50. The normalized spacial score (nSPS) is 27.0. The van der Waals surface area contributed by atoms with E-state index in [2.05, 4.69) is 15.5 Å². The summed E-state index contributed by atoms with van der Waals surface area (Å²) in [5.74, 6) is 1.05. The Morgan fingerprint density at radius 2 is 2.57 bits per heavy atom. The minimum absolute atomic E-state index is 0.0249. The van der Waals surface area contributed by atoms with E-state index in [0.29, 0.717) is 31.3 Å². The van der Waals surface area contributed by atoms with E-state index in [4.69, 9.17) is 9.26 Å². The molecular formula is C8H13N3O3. The summed E-state index contributed by atoms with van der Waals surface area (Å²) >= 11 is 0. The van der Waals surface area contributed by atoms with Crippen molar-refractivity contribution in [2.24, 2.45) is 0 Å². The third kappa shape index (κ3) is 1.92. The Bertz CT molecular complexity index is 302. The summed E-state index contributed by atoms with van der Waals surface area (Å²) in [6, 6.07) is -0.0249. The van der Waals surface area contributed by atoms with Crippen molar-refractivity contribution in [2.75, 3.05) is 13.7 Å². The summed E-state index contributed by atoms with van der Waals surface area (Å²) in [6.45, 7) is 0.922. The second-order valence-electron chi connectivity index (χ2n) is 3.33. The first kappa shape index (κ1) is 9.57. The number of nitrogens with one attached hydrogen (secondary N) is 1. The Labute approximate surface area is 81.3 Å². The largest absolute Gasteiger partial charge is 0.392 e. The van der Waals surface area contributed by atoms with Crippen molar-refractivity contribution in [3.05, 3.63) is 11.7 Å². The molecule has 0 amide bonds. The van der Waals surface area contributed by atoms with Crippen LogP contribution in [0.1, 0.15) is 24.2 Å². The van der Waals surface area contributed by atoms with Crippen molar-refractivity contribution in [3.8, 4) is 0 Å². The number of aliphatic hydroxyl groups is 1. The van der Waals surface area contributed by atoms with Gasteiger partial charge in [0.1, 0.15) is 6.61 Å². The Hall–Kier alpha value is -0.980. The van der Waals surface area contributed by atoms with Gasteiger partial charge in [0.15, 0.2) is 5.82 Å². The molecule has 6 heteroatoms. The average Bonchev–Trinajstić information content (AvgIpc) is 2.74. The Morgan fingerprint density at radius 3 is 3.21 bits per heavy atom. The maximum absolute atomic E-state index is 9.29. The molecule has 0 bridgehead atoms. The molecule has 0 aromatic carbocycles. The van der Waals surface area contributed by atoms with Crippen LogP contribution in [0, 0.1) is 0 Å². The van der Waals surface area contributed by atoms with E-state index in [9.17, 15) is 5.11 Å². The smallest absolute Gasteiger partial charge is 0.243 e. The number of nitrogens with zero attached hydrogens (tertiary/aromatic N) is 2. The van der Waals surface area contributed by atoms with E-state index in [0.717, 1.165) is 0 Å². The molecule has 6 nitrogen and oxygen atoms in total. The number of hydrogen-bond acceptors (Lipinski definition) is 6. The van der Waals surface area contributed by atoms with Crippen molar-refractivity contribution in [1.29, 1.82) is 0 Å². The highest BCUT2D eigenvalue weighted by molar-refractivity contribution is 4.96. The first-order chi connectivity index (χ1) is 6.79. The van der Waals surface area contributed by atoms with Gasteiger partial charge >= 0.3 is 0 Å². The molecule has 1 unspecified atom stereocenters. The Morgan fingerprint density at radius 1 is 1.71 bits per heavy atom. The van der Waals surface area contributed by atoms with Crippen molar-refractivity contribution < 1.29 is 14.4 Å². The Kier molecular flexibility index (Phi) is 2.76. The molecule has 2 atom stereocenters. The fourth-order valence-electron chi connectivity index (χ4n) is 1.50. The van der Waals surface area contributed by atoms with Gasteiger partial charge < -0.3 is 19.7 Å². The molecule has 1 aromatic rings. The van der Waals surface area contributed by atoms with Crippen molar-refractivity contribution in [2.45, 2.75) is 25.2 Å². The van der Waals surface area contributed by atoms with Gasteiger partial charge in [-0.2, -0.15) is 4.98 Å². The SMILES string of the molecule is COCc1noc([C@@H]2CC(O)CN2)n1. The van der Waals surface area contributed by atoms with Gasteiger partial charge in [-0.1, -0.05) is 5.16 Å². The van der Waals surface area contributed by atoms with Crippen LogP contribution in [0.25, 0.3) is 0 Å². The second-order valence-corrected chi connectivity index (χ2v) is 3.33. The molecule has 1 saturated heterocycles. The molecule has 0 aliphatic carbocycles. The predicted octanol–water partition coefficient (Wildman–Crippen LogP) is -0.389. The van der Waals surface area contributed by atoms with Crippen molar-refractivity contribution in [3.63, 3.8) is 0 Å². The van der Waals surface area contributed by atoms with Crippen LogP contribution in [0.3, 0.4) is 0 Å². The number of β-amino-alcohol motifs (C(OH)–C–C–N with tert-alkyl or cyclic N) is 1. The van der Waals surface area contributed by atoms with Crippen LogP contribution in [0.2, 0.25) is 0 Å². The first-order valence-electron chi connectivity index (χ1n) is 4.52. The third-order valence-electron chi connectivity index (χ3n) is 2.16. The van der Waals surface area contributed by atoms with Gasteiger partial charge in [0.2, 0.25) is 5.89 Å². The zero-order valence-electron chi connectivity index (χ0n) is 7.93. The van der Waals surface area contributed by atoms with Crippen LogP contribution in [-0.4, -0.2) is 35.0 Å². The van der Waals surface area contributed by atoms with Gasteiger partial charge in [-0.3, -0.25) is 0 Å². The molecule has 0 spiro atoms. The van der Waals surface area contributed by atoms with Crippen LogP contribution >= 0.6 is 0 Å². The molecule has 2 N–H and O–H groups in total. The number of aromatic nitrogens is 2. The lowest BCUT2D eigenvalue weighted by molar-refractivity contribution is 0.174. The quantitative estimate of drug-likeness (QED) is 0.690. The van der Waals surface area contributed by atoms with E-state index in [1.807, 2.05) is 0 Å². The molecule has 0 saturated carbocycles. The van der Waals surface area contributed by atoms with Crippen LogP contribution in [-0.2, 0) is 11.3 Å². The molecule has 1 aliphatic heterocycles. The fraction of sp³-hybridized carbons (Fsp3) is 0.750. The molecule has 1 aliphatic rings. The minimum atomic E-state index is -0.322. The summed E-state index contributed by atoms with van der Waals surface area (Å²) in [7, 11) is 1.58. The molecule has 1 fully saturated rings. The summed E-state index contributed by atoms with van der Waals surface area (Å²) < 4.78 is 9.90. The van der Waals surface area contributed by atoms with Gasteiger partial charge in [0.25, 0.3) is 0 Å².